The zero-order valence-corrected chi connectivity index (χ0v) is 15.3. The summed E-state index contributed by atoms with van der Waals surface area (Å²) in [5.74, 6) is 0.766. The highest BCUT2D eigenvalue weighted by atomic mass is 16.5. The molecule has 0 aliphatic heterocycles. The summed E-state index contributed by atoms with van der Waals surface area (Å²) in [6.07, 6.45) is 4.65. The third-order valence-corrected chi connectivity index (χ3v) is 3.98. The number of carbonyl (C=O) groups is 2. The molecule has 3 rings (SSSR count). The van der Waals surface area contributed by atoms with E-state index >= 15 is 0 Å². The smallest absolute Gasteiger partial charge is 0.253 e. The molecule has 0 spiro atoms. The molecule has 1 aromatic heterocycles. The summed E-state index contributed by atoms with van der Waals surface area (Å²) in [5, 5.41) is 5.51. The maximum absolute atomic E-state index is 12.4. The molecule has 0 aliphatic carbocycles. The average Bonchev–Trinajstić information content (AvgIpc) is 3.25. The minimum absolute atomic E-state index is 0.269. The molecule has 2 amide bonds. The van der Waals surface area contributed by atoms with Gasteiger partial charge in [0.2, 0.25) is 5.91 Å². The zero-order chi connectivity index (χ0) is 19.8. The Bertz CT molecular complexity index is 960. The second kappa shape index (κ2) is 9.23. The van der Waals surface area contributed by atoms with Crippen molar-refractivity contribution in [1.29, 1.82) is 0 Å². The number of nitrogens with one attached hydrogen (secondary N) is 2. The van der Waals surface area contributed by atoms with E-state index in [1.54, 1.807) is 55.8 Å². The van der Waals surface area contributed by atoms with E-state index < -0.39 is 0 Å². The van der Waals surface area contributed by atoms with Crippen molar-refractivity contribution in [1.82, 2.24) is 5.32 Å². The standard InChI is InChI=1S/C22H20N2O4/c1-27-17-11-8-16(9-12-17)10-13-21(25)24-20-7-3-2-6-19(20)22(26)23-15-18-5-4-14-28-18/h2-14H,15H2,1H3,(H,23,26)(H,24,25)/b13-10+. The maximum atomic E-state index is 12.4. The summed E-state index contributed by atoms with van der Waals surface area (Å²) in [5.41, 5.74) is 1.67. The van der Waals surface area contributed by atoms with Crippen LogP contribution in [0, 0.1) is 0 Å². The van der Waals surface area contributed by atoms with E-state index in [4.69, 9.17) is 9.15 Å². The van der Waals surface area contributed by atoms with Crippen LogP contribution in [0.25, 0.3) is 6.08 Å². The van der Waals surface area contributed by atoms with Crippen LogP contribution in [0.3, 0.4) is 0 Å². The lowest BCUT2D eigenvalue weighted by Gasteiger charge is -2.10. The molecular weight excluding hydrogens is 356 g/mol. The fourth-order valence-electron chi connectivity index (χ4n) is 2.53. The Balaban J connectivity index is 1.63. The molecule has 0 radical (unpaired) electrons. The number of methoxy groups -OCH3 is 1. The SMILES string of the molecule is COc1ccc(/C=C/C(=O)Nc2ccccc2C(=O)NCc2ccco2)cc1. The molecule has 6 heteroatoms. The Morgan fingerprint density at radius 3 is 2.54 bits per heavy atom. The van der Waals surface area contributed by atoms with E-state index in [9.17, 15) is 9.59 Å². The van der Waals surface area contributed by atoms with Crippen molar-refractivity contribution < 1.29 is 18.7 Å². The van der Waals surface area contributed by atoms with Crippen LogP contribution >= 0.6 is 0 Å². The third-order valence-electron chi connectivity index (χ3n) is 3.98. The number of furan rings is 1. The fourth-order valence-corrected chi connectivity index (χ4v) is 2.53. The van der Waals surface area contributed by atoms with E-state index in [1.807, 2.05) is 24.3 Å². The Morgan fingerprint density at radius 2 is 1.82 bits per heavy atom. The van der Waals surface area contributed by atoms with Gasteiger partial charge in [-0.25, -0.2) is 0 Å². The van der Waals surface area contributed by atoms with Gasteiger partial charge in [-0.05, 0) is 48.0 Å². The monoisotopic (exact) mass is 376 g/mol. The van der Waals surface area contributed by atoms with Crippen LogP contribution in [0.4, 0.5) is 5.69 Å². The van der Waals surface area contributed by atoms with Crippen LogP contribution in [0.5, 0.6) is 5.75 Å². The molecule has 6 nitrogen and oxygen atoms in total. The second-order valence-electron chi connectivity index (χ2n) is 5.90. The normalized spacial score (nSPS) is 10.6. The Morgan fingerprint density at radius 1 is 1.04 bits per heavy atom. The second-order valence-corrected chi connectivity index (χ2v) is 5.90. The summed E-state index contributed by atoms with van der Waals surface area (Å²) in [6, 6.07) is 17.7. The number of benzene rings is 2. The van der Waals surface area contributed by atoms with Gasteiger partial charge in [0.05, 0.1) is 31.2 Å². The van der Waals surface area contributed by atoms with Crippen molar-refractivity contribution >= 4 is 23.6 Å². The Labute approximate surface area is 162 Å². The first-order chi connectivity index (χ1) is 13.7. The summed E-state index contributed by atoms with van der Waals surface area (Å²) >= 11 is 0. The highest BCUT2D eigenvalue weighted by Crippen LogP contribution is 2.16. The van der Waals surface area contributed by atoms with Gasteiger partial charge in [0.1, 0.15) is 11.5 Å². The van der Waals surface area contributed by atoms with Crippen LogP contribution < -0.4 is 15.4 Å². The van der Waals surface area contributed by atoms with Crippen molar-refractivity contribution in [2.75, 3.05) is 12.4 Å². The number of anilines is 1. The van der Waals surface area contributed by atoms with Gasteiger partial charge in [0.15, 0.2) is 0 Å². The predicted octanol–water partition coefficient (Wildman–Crippen LogP) is 3.87. The summed E-state index contributed by atoms with van der Waals surface area (Å²) in [4.78, 5) is 24.7. The molecule has 0 saturated carbocycles. The van der Waals surface area contributed by atoms with Gasteiger partial charge >= 0.3 is 0 Å². The van der Waals surface area contributed by atoms with Crippen molar-refractivity contribution in [3.8, 4) is 5.75 Å². The van der Waals surface area contributed by atoms with E-state index in [0.29, 0.717) is 17.0 Å². The summed E-state index contributed by atoms with van der Waals surface area (Å²) < 4.78 is 10.3. The van der Waals surface area contributed by atoms with Gasteiger partial charge < -0.3 is 19.8 Å². The first-order valence-corrected chi connectivity index (χ1v) is 8.68. The van der Waals surface area contributed by atoms with E-state index in [1.165, 1.54) is 6.08 Å². The molecule has 0 unspecified atom stereocenters. The minimum atomic E-state index is -0.331. The quantitative estimate of drug-likeness (QED) is 0.614. The van der Waals surface area contributed by atoms with Gasteiger partial charge in [-0.3, -0.25) is 9.59 Å². The number of hydrogen-bond donors (Lipinski definition) is 2. The molecule has 0 atom stereocenters. The largest absolute Gasteiger partial charge is 0.497 e. The number of ether oxygens (including phenoxy) is 1. The molecule has 3 aromatic rings. The topological polar surface area (TPSA) is 80.6 Å². The molecule has 142 valence electrons. The van der Waals surface area contributed by atoms with Gasteiger partial charge in [0.25, 0.3) is 5.91 Å². The van der Waals surface area contributed by atoms with E-state index in [0.717, 1.165) is 11.3 Å². The van der Waals surface area contributed by atoms with Gasteiger partial charge in [-0.1, -0.05) is 24.3 Å². The first-order valence-electron chi connectivity index (χ1n) is 8.68. The Hall–Kier alpha value is -3.80. The maximum Gasteiger partial charge on any atom is 0.253 e. The van der Waals surface area contributed by atoms with Crippen LogP contribution in [-0.4, -0.2) is 18.9 Å². The molecule has 0 saturated heterocycles. The number of carbonyl (C=O) groups excluding carboxylic acids is 2. The van der Waals surface area contributed by atoms with Crippen molar-refractivity contribution in [2.24, 2.45) is 0 Å². The molecule has 2 N–H and O–H groups in total. The van der Waals surface area contributed by atoms with Crippen LogP contribution in [0.15, 0.2) is 77.4 Å². The van der Waals surface area contributed by atoms with Crippen molar-refractivity contribution in [2.45, 2.75) is 6.54 Å². The lowest BCUT2D eigenvalue weighted by molar-refractivity contribution is -0.111. The highest BCUT2D eigenvalue weighted by Gasteiger charge is 2.12. The van der Waals surface area contributed by atoms with E-state index in [-0.39, 0.29) is 18.4 Å². The van der Waals surface area contributed by atoms with Crippen molar-refractivity contribution in [3.63, 3.8) is 0 Å². The van der Waals surface area contributed by atoms with Gasteiger partial charge in [-0.2, -0.15) is 0 Å². The first kappa shape index (κ1) is 19.0. The van der Waals surface area contributed by atoms with Crippen LogP contribution in [-0.2, 0) is 11.3 Å². The molecular formula is C22H20N2O4. The summed E-state index contributed by atoms with van der Waals surface area (Å²) in [7, 11) is 1.60. The summed E-state index contributed by atoms with van der Waals surface area (Å²) in [6.45, 7) is 0.269. The van der Waals surface area contributed by atoms with Crippen LogP contribution in [0.2, 0.25) is 0 Å². The molecule has 2 aromatic carbocycles. The molecule has 0 bridgehead atoms. The fraction of sp³-hybridized carbons (Fsp3) is 0.0909. The number of para-hydroxylation sites is 1. The predicted molar refractivity (Wildman–Crippen MR) is 107 cm³/mol. The third kappa shape index (κ3) is 5.11. The van der Waals surface area contributed by atoms with Gasteiger partial charge in [0, 0.05) is 6.08 Å². The minimum Gasteiger partial charge on any atom is -0.497 e. The van der Waals surface area contributed by atoms with Crippen LogP contribution in [0.1, 0.15) is 21.7 Å². The lowest BCUT2D eigenvalue weighted by Crippen LogP contribution is -2.24. The lowest BCUT2D eigenvalue weighted by atomic mass is 10.1. The van der Waals surface area contributed by atoms with Gasteiger partial charge in [-0.15, -0.1) is 0 Å². The number of rotatable bonds is 7. The molecule has 0 aliphatic rings. The molecule has 1 heterocycles. The zero-order valence-electron chi connectivity index (χ0n) is 15.3. The van der Waals surface area contributed by atoms with Crippen molar-refractivity contribution in [3.05, 3.63) is 89.9 Å². The molecule has 0 fully saturated rings. The molecule has 28 heavy (non-hydrogen) atoms. The average molecular weight is 376 g/mol. The highest BCUT2D eigenvalue weighted by molar-refractivity contribution is 6.07. The number of hydrogen-bond acceptors (Lipinski definition) is 4. The number of amides is 2. The Kier molecular flexibility index (Phi) is 6.25. The van der Waals surface area contributed by atoms with E-state index in [2.05, 4.69) is 10.6 Å².